The van der Waals surface area contributed by atoms with Crippen LogP contribution in [0, 0.1) is 5.92 Å². The highest BCUT2D eigenvalue weighted by Crippen LogP contribution is 2.46. The normalized spacial score (nSPS) is 15.8. The number of carbonyl (C=O) groups excluding carboxylic acids is 1. The third-order valence-corrected chi connectivity index (χ3v) is 6.47. The molecule has 3 heteroatoms. The molecule has 1 amide bonds. The Bertz CT molecular complexity index is 1250. The van der Waals surface area contributed by atoms with Gasteiger partial charge in [0.1, 0.15) is 0 Å². The molecule has 1 unspecified atom stereocenters. The molecule has 5 rings (SSSR count). The van der Waals surface area contributed by atoms with Gasteiger partial charge >= 0.3 is 0 Å². The van der Waals surface area contributed by atoms with Crippen molar-refractivity contribution in [1.29, 1.82) is 0 Å². The quantitative estimate of drug-likeness (QED) is 0.373. The molecule has 1 atom stereocenters. The van der Waals surface area contributed by atoms with Crippen LogP contribution in [0.2, 0.25) is 0 Å². The van der Waals surface area contributed by atoms with Gasteiger partial charge in [-0.05, 0) is 35.6 Å². The van der Waals surface area contributed by atoms with Gasteiger partial charge in [-0.3, -0.25) is 4.79 Å². The minimum Gasteiger partial charge on any atom is -0.343 e. The van der Waals surface area contributed by atoms with Gasteiger partial charge in [-0.25, -0.2) is 0 Å². The van der Waals surface area contributed by atoms with Crippen LogP contribution in [0.3, 0.4) is 0 Å². The maximum absolute atomic E-state index is 13.5. The Balaban J connectivity index is 1.80. The maximum atomic E-state index is 13.5. The van der Waals surface area contributed by atoms with Gasteiger partial charge in [0.05, 0.1) is 11.7 Å². The first kappa shape index (κ1) is 19.6. The number of para-hydroxylation sites is 1. The van der Waals surface area contributed by atoms with Crippen molar-refractivity contribution in [3.63, 3.8) is 0 Å². The molecule has 0 spiro atoms. The van der Waals surface area contributed by atoms with Gasteiger partial charge in [0.2, 0.25) is 0 Å². The van der Waals surface area contributed by atoms with E-state index < -0.39 is 0 Å². The number of aromatic nitrogens is 1. The fourth-order valence-electron chi connectivity index (χ4n) is 4.95. The molecule has 0 radical (unpaired) electrons. The van der Waals surface area contributed by atoms with Gasteiger partial charge in [-0.2, -0.15) is 0 Å². The van der Waals surface area contributed by atoms with Gasteiger partial charge in [-0.15, -0.1) is 0 Å². The van der Waals surface area contributed by atoms with Crippen molar-refractivity contribution in [2.24, 2.45) is 13.0 Å². The largest absolute Gasteiger partial charge is 0.343 e. The standard InChI is InChI=1S/C28H28N2O/c1-19(2)17-18-30-27(21-13-7-8-14-22(21)28(30)31)25-23-15-9-10-16-24(23)29(3)26(25)20-11-5-4-6-12-20/h4-16,19,27H,17-18H2,1-3H3. The fraction of sp³-hybridized carbons (Fsp3) is 0.250. The molecule has 0 N–H and O–H groups in total. The van der Waals surface area contributed by atoms with Crippen molar-refractivity contribution >= 4 is 16.8 Å². The molecule has 0 saturated carbocycles. The van der Waals surface area contributed by atoms with Crippen molar-refractivity contribution in [1.82, 2.24) is 9.47 Å². The molecule has 0 aliphatic carbocycles. The van der Waals surface area contributed by atoms with E-state index in [0.717, 1.165) is 24.1 Å². The van der Waals surface area contributed by atoms with Crippen molar-refractivity contribution in [2.75, 3.05) is 6.54 Å². The highest BCUT2D eigenvalue weighted by molar-refractivity contribution is 6.02. The number of hydrogen-bond donors (Lipinski definition) is 0. The summed E-state index contributed by atoms with van der Waals surface area (Å²) in [6.45, 7) is 5.19. The summed E-state index contributed by atoms with van der Waals surface area (Å²) in [5, 5.41) is 1.22. The Labute approximate surface area is 183 Å². The molecule has 1 aliphatic heterocycles. The SMILES string of the molecule is CC(C)CCN1C(=O)c2ccccc2C1c1c(-c2ccccc2)n(C)c2ccccc12. The van der Waals surface area contributed by atoms with E-state index in [1.54, 1.807) is 0 Å². The van der Waals surface area contributed by atoms with Crippen LogP contribution in [0.1, 0.15) is 47.8 Å². The first-order valence-electron chi connectivity index (χ1n) is 11.1. The summed E-state index contributed by atoms with van der Waals surface area (Å²) in [5.74, 6) is 0.687. The first-order chi connectivity index (χ1) is 15.1. The Morgan fingerprint density at radius 3 is 2.32 bits per heavy atom. The maximum Gasteiger partial charge on any atom is 0.255 e. The number of aryl methyl sites for hydroxylation is 1. The zero-order valence-electron chi connectivity index (χ0n) is 18.4. The number of benzene rings is 3. The summed E-state index contributed by atoms with van der Waals surface area (Å²) in [6, 6.07) is 27.2. The molecule has 1 aromatic heterocycles. The van der Waals surface area contributed by atoms with E-state index >= 15 is 0 Å². The molecular formula is C28H28N2O. The molecular weight excluding hydrogens is 380 g/mol. The van der Waals surface area contributed by atoms with E-state index in [2.05, 4.69) is 97.1 Å². The Kier molecular flexibility index (Phi) is 4.90. The molecule has 4 aromatic rings. The van der Waals surface area contributed by atoms with Crippen molar-refractivity contribution in [3.05, 3.63) is 95.6 Å². The topological polar surface area (TPSA) is 25.2 Å². The summed E-state index contributed by atoms with van der Waals surface area (Å²) in [5.41, 5.74) is 6.74. The van der Waals surface area contributed by atoms with Crippen LogP contribution in [0.4, 0.5) is 0 Å². The van der Waals surface area contributed by atoms with Crippen molar-refractivity contribution < 1.29 is 4.79 Å². The van der Waals surface area contributed by atoms with Crippen molar-refractivity contribution in [2.45, 2.75) is 26.3 Å². The minimum absolute atomic E-state index is 0.0799. The van der Waals surface area contributed by atoms with Crippen LogP contribution < -0.4 is 0 Å². The third-order valence-electron chi connectivity index (χ3n) is 6.47. The van der Waals surface area contributed by atoms with E-state index in [1.165, 1.54) is 27.7 Å². The number of fused-ring (bicyclic) bond motifs is 2. The summed E-state index contributed by atoms with van der Waals surface area (Å²) in [7, 11) is 2.13. The zero-order valence-corrected chi connectivity index (χ0v) is 18.4. The van der Waals surface area contributed by atoms with Crippen LogP contribution in [0.25, 0.3) is 22.2 Å². The number of nitrogens with zero attached hydrogens (tertiary/aromatic N) is 2. The molecule has 3 aromatic carbocycles. The first-order valence-corrected chi connectivity index (χ1v) is 11.1. The zero-order chi connectivity index (χ0) is 21.5. The van der Waals surface area contributed by atoms with Gasteiger partial charge in [-0.1, -0.05) is 80.6 Å². The van der Waals surface area contributed by atoms with Gasteiger partial charge in [0.25, 0.3) is 5.91 Å². The number of hydrogen-bond acceptors (Lipinski definition) is 1. The average Bonchev–Trinajstić information content (AvgIpc) is 3.24. The summed E-state index contributed by atoms with van der Waals surface area (Å²) < 4.78 is 2.28. The smallest absolute Gasteiger partial charge is 0.255 e. The Morgan fingerprint density at radius 2 is 1.55 bits per heavy atom. The highest BCUT2D eigenvalue weighted by Gasteiger charge is 2.40. The van der Waals surface area contributed by atoms with E-state index in [0.29, 0.717) is 5.92 Å². The summed E-state index contributed by atoms with van der Waals surface area (Å²) >= 11 is 0. The summed E-state index contributed by atoms with van der Waals surface area (Å²) in [4.78, 5) is 15.6. The van der Waals surface area contributed by atoms with Crippen LogP contribution in [0.5, 0.6) is 0 Å². The number of amides is 1. The van der Waals surface area contributed by atoms with E-state index in [9.17, 15) is 4.79 Å². The van der Waals surface area contributed by atoms with Gasteiger partial charge < -0.3 is 9.47 Å². The molecule has 1 aliphatic rings. The third kappa shape index (κ3) is 3.16. The second-order valence-electron chi connectivity index (χ2n) is 8.88. The Hall–Kier alpha value is -3.33. The number of carbonyl (C=O) groups is 1. The lowest BCUT2D eigenvalue weighted by atomic mass is 9.93. The van der Waals surface area contributed by atoms with Crippen LogP contribution in [0.15, 0.2) is 78.9 Å². The molecule has 31 heavy (non-hydrogen) atoms. The molecule has 3 nitrogen and oxygen atoms in total. The predicted octanol–water partition coefficient (Wildman–Crippen LogP) is 6.44. The van der Waals surface area contributed by atoms with Gasteiger partial charge in [0.15, 0.2) is 0 Å². The molecule has 0 fully saturated rings. The monoisotopic (exact) mass is 408 g/mol. The fourth-order valence-corrected chi connectivity index (χ4v) is 4.95. The lowest BCUT2D eigenvalue weighted by molar-refractivity contribution is 0.0742. The minimum atomic E-state index is -0.0799. The lowest BCUT2D eigenvalue weighted by Crippen LogP contribution is -2.30. The van der Waals surface area contributed by atoms with Crippen LogP contribution in [-0.2, 0) is 7.05 Å². The lowest BCUT2D eigenvalue weighted by Gasteiger charge is -2.27. The molecule has 0 bridgehead atoms. The average molecular weight is 409 g/mol. The van der Waals surface area contributed by atoms with Crippen LogP contribution in [-0.4, -0.2) is 21.9 Å². The second kappa shape index (κ2) is 7.73. The van der Waals surface area contributed by atoms with E-state index in [1.807, 2.05) is 12.1 Å². The molecule has 2 heterocycles. The molecule has 156 valence electrons. The number of rotatable bonds is 5. The van der Waals surface area contributed by atoms with E-state index in [-0.39, 0.29) is 11.9 Å². The Morgan fingerprint density at radius 1 is 0.871 bits per heavy atom. The van der Waals surface area contributed by atoms with Crippen molar-refractivity contribution in [3.8, 4) is 11.3 Å². The van der Waals surface area contributed by atoms with E-state index in [4.69, 9.17) is 0 Å². The predicted molar refractivity (Wildman–Crippen MR) is 127 cm³/mol. The molecule has 0 saturated heterocycles. The summed E-state index contributed by atoms with van der Waals surface area (Å²) in [6.07, 6.45) is 0.988. The van der Waals surface area contributed by atoms with Gasteiger partial charge in [0, 0.05) is 35.6 Å². The highest BCUT2D eigenvalue weighted by atomic mass is 16.2. The second-order valence-corrected chi connectivity index (χ2v) is 8.88. The van der Waals surface area contributed by atoms with Crippen LogP contribution >= 0.6 is 0 Å².